The molecule has 1 aromatic rings. The molecule has 0 aromatic carbocycles. The number of nitrogens with one attached hydrogen (secondary N) is 2. The highest BCUT2D eigenvalue weighted by atomic mass is 16.5. The molecule has 0 aliphatic carbocycles. The Morgan fingerprint density at radius 3 is 3.13 bits per heavy atom. The fourth-order valence-corrected chi connectivity index (χ4v) is 1.71. The molecule has 15 heavy (non-hydrogen) atoms. The zero-order chi connectivity index (χ0) is 10.7. The van der Waals surface area contributed by atoms with E-state index in [-0.39, 0.29) is 11.9 Å². The molecule has 2 rings (SSSR count). The molecular weight excluding hydrogens is 194 g/mol. The molecule has 0 spiro atoms. The van der Waals surface area contributed by atoms with Crippen LogP contribution in [0.5, 0.6) is 0 Å². The van der Waals surface area contributed by atoms with Crippen molar-refractivity contribution in [3.8, 4) is 0 Å². The molecule has 1 amide bonds. The van der Waals surface area contributed by atoms with Gasteiger partial charge in [-0.15, -0.1) is 0 Å². The number of anilines is 1. The van der Waals surface area contributed by atoms with Gasteiger partial charge in [-0.3, -0.25) is 4.79 Å². The number of carbonyl (C=O) groups is 1. The van der Waals surface area contributed by atoms with Gasteiger partial charge in [0.15, 0.2) is 5.82 Å². The van der Waals surface area contributed by atoms with E-state index in [1.165, 1.54) is 0 Å². The van der Waals surface area contributed by atoms with Gasteiger partial charge in [0.05, 0.1) is 6.04 Å². The fraction of sp³-hybridized carbons (Fsp3) is 0.600. The molecule has 2 heterocycles. The Kier molecular flexibility index (Phi) is 3.01. The number of aromatic nitrogens is 1. The monoisotopic (exact) mass is 209 g/mol. The van der Waals surface area contributed by atoms with E-state index in [0.717, 1.165) is 25.8 Å². The van der Waals surface area contributed by atoms with Gasteiger partial charge >= 0.3 is 0 Å². The zero-order valence-electron chi connectivity index (χ0n) is 8.75. The largest absolute Gasteiger partial charge is 0.360 e. The van der Waals surface area contributed by atoms with Crippen LogP contribution >= 0.6 is 0 Å². The topological polar surface area (TPSA) is 67.2 Å². The summed E-state index contributed by atoms with van der Waals surface area (Å²) in [7, 11) is 0. The van der Waals surface area contributed by atoms with Gasteiger partial charge in [0, 0.05) is 6.07 Å². The van der Waals surface area contributed by atoms with Crippen molar-refractivity contribution in [2.45, 2.75) is 32.2 Å². The highest BCUT2D eigenvalue weighted by Crippen LogP contribution is 2.11. The highest BCUT2D eigenvalue weighted by Gasteiger charge is 2.21. The third-order valence-corrected chi connectivity index (χ3v) is 2.51. The van der Waals surface area contributed by atoms with Crippen LogP contribution in [0, 0.1) is 6.92 Å². The van der Waals surface area contributed by atoms with Gasteiger partial charge in [-0.2, -0.15) is 0 Å². The Morgan fingerprint density at radius 2 is 2.53 bits per heavy atom. The van der Waals surface area contributed by atoms with Crippen molar-refractivity contribution in [2.75, 3.05) is 11.9 Å². The predicted molar refractivity (Wildman–Crippen MR) is 55.5 cm³/mol. The van der Waals surface area contributed by atoms with Crippen LogP contribution in [0.15, 0.2) is 10.6 Å². The lowest BCUT2D eigenvalue weighted by Gasteiger charge is -2.21. The molecule has 2 N–H and O–H groups in total. The van der Waals surface area contributed by atoms with Crippen molar-refractivity contribution in [3.05, 3.63) is 11.8 Å². The number of piperidine rings is 1. The van der Waals surface area contributed by atoms with Gasteiger partial charge in [0.2, 0.25) is 5.91 Å². The third-order valence-electron chi connectivity index (χ3n) is 2.51. The zero-order valence-corrected chi connectivity index (χ0v) is 8.75. The summed E-state index contributed by atoms with van der Waals surface area (Å²) in [6.07, 6.45) is 3.14. The summed E-state index contributed by atoms with van der Waals surface area (Å²) in [4.78, 5) is 11.7. The van der Waals surface area contributed by atoms with Crippen molar-refractivity contribution in [1.29, 1.82) is 0 Å². The van der Waals surface area contributed by atoms with Gasteiger partial charge in [-0.05, 0) is 26.3 Å². The minimum atomic E-state index is -0.0873. The minimum Gasteiger partial charge on any atom is -0.360 e. The second-order valence-corrected chi connectivity index (χ2v) is 3.81. The quantitative estimate of drug-likeness (QED) is 0.764. The number of hydrogen-bond acceptors (Lipinski definition) is 4. The van der Waals surface area contributed by atoms with Crippen LogP contribution in [-0.4, -0.2) is 23.7 Å². The van der Waals surface area contributed by atoms with E-state index in [0.29, 0.717) is 11.6 Å². The molecule has 5 heteroatoms. The lowest BCUT2D eigenvalue weighted by Crippen LogP contribution is -2.43. The minimum absolute atomic E-state index is 0.0250. The molecule has 1 saturated heterocycles. The lowest BCUT2D eigenvalue weighted by atomic mass is 10.0. The van der Waals surface area contributed by atoms with Crippen LogP contribution in [0.25, 0.3) is 0 Å². The molecule has 0 radical (unpaired) electrons. The molecule has 1 unspecified atom stereocenters. The molecule has 1 atom stereocenters. The van der Waals surface area contributed by atoms with Crippen molar-refractivity contribution < 1.29 is 9.32 Å². The molecular formula is C10H15N3O2. The summed E-state index contributed by atoms with van der Waals surface area (Å²) in [5.41, 5.74) is 0. The first kappa shape index (κ1) is 10.2. The Morgan fingerprint density at radius 1 is 1.67 bits per heavy atom. The van der Waals surface area contributed by atoms with Gasteiger partial charge in [0.25, 0.3) is 0 Å². The molecule has 1 aromatic heterocycles. The van der Waals surface area contributed by atoms with E-state index in [2.05, 4.69) is 15.8 Å². The number of hydrogen-bond donors (Lipinski definition) is 2. The van der Waals surface area contributed by atoms with Crippen molar-refractivity contribution in [2.24, 2.45) is 0 Å². The van der Waals surface area contributed by atoms with Crippen LogP contribution in [0.4, 0.5) is 5.82 Å². The molecule has 0 saturated carbocycles. The first-order chi connectivity index (χ1) is 7.25. The molecule has 82 valence electrons. The maximum Gasteiger partial charge on any atom is 0.242 e. The SMILES string of the molecule is Cc1cc(NC(=O)C2CCCCN2)no1. The normalized spacial score (nSPS) is 21.3. The summed E-state index contributed by atoms with van der Waals surface area (Å²) in [5.74, 6) is 1.16. The number of amides is 1. The Labute approximate surface area is 88.2 Å². The van der Waals surface area contributed by atoms with Gasteiger partial charge in [-0.1, -0.05) is 11.6 Å². The lowest BCUT2D eigenvalue weighted by molar-refractivity contribution is -0.118. The number of rotatable bonds is 2. The predicted octanol–water partition coefficient (Wildman–Crippen LogP) is 1.06. The van der Waals surface area contributed by atoms with Gasteiger partial charge < -0.3 is 15.2 Å². The van der Waals surface area contributed by atoms with Crippen LogP contribution in [-0.2, 0) is 4.79 Å². The number of nitrogens with zero attached hydrogens (tertiary/aromatic N) is 1. The standard InChI is InChI=1S/C10H15N3O2/c1-7-6-9(13-15-7)12-10(14)8-4-2-3-5-11-8/h6,8,11H,2-5H2,1H3,(H,12,13,14). The average molecular weight is 209 g/mol. The smallest absolute Gasteiger partial charge is 0.242 e. The third kappa shape index (κ3) is 2.56. The van der Waals surface area contributed by atoms with Gasteiger partial charge in [-0.25, -0.2) is 0 Å². The van der Waals surface area contributed by atoms with E-state index >= 15 is 0 Å². The molecule has 1 aliphatic rings. The summed E-state index contributed by atoms with van der Waals surface area (Å²) in [6, 6.07) is 1.62. The molecule has 1 fully saturated rings. The van der Waals surface area contributed by atoms with Crippen LogP contribution in [0.1, 0.15) is 25.0 Å². The number of carbonyl (C=O) groups excluding carboxylic acids is 1. The Balaban J connectivity index is 1.91. The first-order valence-electron chi connectivity index (χ1n) is 5.23. The van der Waals surface area contributed by atoms with E-state index < -0.39 is 0 Å². The van der Waals surface area contributed by atoms with Crippen LogP contribution < -0.4 is 10.6 Å². The van der Waals surface area contributed by atoms with Crippen molar-refractivity contribution >= 4 is 11.7 Å². The first-order valence-corrected chi connectivity index (χ1v) is 5.23. The maximum absolute atomic E-state index is 11.7. The second-order valence-electron chi connectivity index (χ2n) is 3.81. The van der Waals surface area contributed by atoms with Crippen molar-refractivity contribution in [3.63, 3.8) is 0 Å². The Bertz CT molecular complexity index is 342. The van der Waals surface area contributed by atoms with E-state index in [1.54, 1.807) is 13.0 Å². The molecule has 0 bridgehead atoms. The van der Waals surface area contributed by atoms with Gasteiger partial charge in [0.1, 0.15) is 5.76 Å². The van der Waals surface area contributed by atoms with Crippen LogP contribution in [0.3, 0.4) is 0 Å². The Hall–Kier alpha value is -1.36. The average Bonchev–Trinajstić information content (AvgIpc) is 2.65. The summed E-state index contributed by atoms with van der Waals surface area (Å²) < 4.78 is 4.87. The highest BCUT2D eigenvalue weighted by molar-refractivity contribution is 5.94. The maximum atomic E-state index is 11.7. The second kappa shape index (κ2) is 4.44. The molecule has 5 nitrogen and oxygen atoms in total. The number of aryl methyl sites for hydroxylation is 1. The molecule has 1 aliphatic heterocycles. The van der Waals surface area contributed by atoms with Crippen LogP contribution in [0.2, 0.25) is 0 Å². The summed E-state index contributed by atoms with van der Waals surface area (Å²) >= 11 is 0. The van der Waals surface area contributed by atoms with E-state index in [4.69, 9.17) is 4.52 Å². The fourth-order valence-electron chi connectivity index (χ4n) is 1.71. The van der Waals surface area contributed by atoms with Crippen molar-refractivity contribution in [1.82, 2.24) is 10.5 Å². The van der Waals surface area contributed by atoms with E-state index in [9.17, 15) is 4.79 Å². The summed E-state index contributed by atoms with van der Waals surface area (Å²) in [5, 5.41) is 9.62. The van der Waals surface area contributed by atoms with E-state index in [1.807, 2.05) is 0 Å². The summed E-state index contributed by atoms with van der Waals surface area (Å²) in [6.45, 7) is 2.71.